The molecule has 1 N–H and O–H groups in total. The summed E-state index contributed by atoms with van der Waals surface area (Å²) in [6.07, 6.45) is 0.985. The number of nitrogens with one attached hydrogen (secondary N) is 1. The summed E-state index contributed by atoms with van der Waals surface area (Å²) in [4.78, 5) is 0. The van der Waals surface area contributed by atoms with Crippen molar-refractivity contribution in [3.05, 3.63) is 35.1 Å². The van der Waals surface area contributed by atoms with E-state index in [1.165, 1.54) is 5.56 Å². The summed E-state index contributed by atoms with van der Waals surface area (Å²) in [5.74, 6) is 0.449. The summed E-state index contributed by atoms with van der Waals surface area (Å²) < 4.78 is 12.9. The molecule has 0 aliphatic heterocycles. The Morgan fingerprint density at radius 2 is 2.23 bits per heavy atom. The minimum Gasteiger partial charge on any atom is -0.313 e. The van der Waals surface area contributed by atoms with Crippen LogP contribution in [0, 0.1) is 11.7 Å². The van der Waals surface area contributed by atoms with Crippen LogP contribution < -0.4 is 5.32 Å². The molecule has 0 spiro atoms. The van der Waals surface area contributed by atoms with Crippen LogP contribution in [0.4, 0.5) is 4.39 Å². The van der Waals surface area contributed by atoms with Gasteiger partial charge in [0.25, 0.3) is 0 Å². The Labute approximate surface area is 78.0 Å². The van der Waals surface area contributed by atoms with Gasteiger partial charge in [-0.25, -0.2) is 4.39 Å². The summed E-state index contributed by atoms with van der Waals surface area (Å²) in [6.45, 7) is 2.19. The largest absolute Gasteiger partial charge is 0.313 e. The van der Waals surface area contributed by atoms with Crippen molar-refractivity contribution in [2.24, 2.45) is 5.92 Å². The fourth-order valence-corrected chi connectivity index (χ4v) is 2.27. The third kappa shape index (κ3) is 1.35. The number of halogens is 1. The lowest BCUT2D eigenvalue weighted by atomic mass is 10.0. The van der Waals surface area contributed by atoms with Gasteiger partial charge in [-0.05, 0) is 42.6 Å². The lowest BCUT2D eigenvalue weighted by molar-refractivity contribution is 0.447. The number of hydrogen-bond acceptors (Lipinski definition) is 1. The third-order valence-corrected chi connectivity index (χ3v) is 2.86. The van der Waals surface area contributed by atoms with Gasteiger partial charge in [-0.1, -0.05) is 13.0 Å². The molecule has 2 atom stereocenters. The second kappa shape index (κ2) is 3.11. The van der Waals surface area contributed by atoms with E-state index in [2.05, 4.69) is 12.2 Å². The number of rotatable bonds is 1. The van der Waals surface area contributed by atoms with Gasteiger partial charge in [0, 0.05) is 6.04 Å². The van der Waals surface area contributed by atoms with Crippen molar-refractivity contribution in [3.63, 3.8) is 0 Å². The van der Waals surface area contributed by atoms with Crippen LogP contribution in [0.5, 0.6) is 0 Å². The quantitative estimate of drug-likeness (QED) is 0.697. The summed E-state index contributed by atoms with van der Waals surface area (Å²) in [5.41, 5.74) is 2.42. The fourth-order valence-electron chi connectivity index (χ4n) is 2.27. The average molecular weight is 179 g/mol. The van der Waals surface area contributed by atoms with Gasteiger partial charge in [0.05, 0.1) is 0 Å². The first-order valence-corrected chi connectivity index (χ1v) is 4.68. The van der Waals surface area contributed by atoms with Crippen LogP contribution in [-0.4, -0.2) is 7.05 Å². The smallest absolute Gasteiger partial charge is 0.123 e. The molecule has 0 bridgehead atoms. The van der Waals surface area contributed by atoms with Crippen molar-refractivity contribution in [3.8, 4) is 0 Å². The van der Waals surface area contributed by atoms with Crippen molar-refractivity contribution in [1.82, 2.24) is 5.32 Å². The van der Waals surface area contributed by atoms with Crippen LogP contribution in [0.1, 0.15) is 24.1 Å². The fraction of sp³-hybridized carbons (Fsp3) is 0.455. The molecule has 0 radical (unpaired) electrons. The van der Waals surface area contributed by atoms with Crippen molar-refractivity contribution in [2.45, 2.75) is 19.4 Å². The molecule has 0 amide bonds. The van der Waals surface area contributed by atoms with Gasteiger partial charge < -0.3 is 5.32 Å². The van der Waals surface area contributed by atoms with Crippen LogP contribution in [0.15, 0.2) is 18.2 Å². The highest BCUT2D eigenvalue weighted by molar-refractivity contribution is 5.35. The van der Waals surface area contributed by atoms with Crippen LogP contribution >= 0.6 is 0 Å². The Balaban J connectivity index is 2.42. The molecule has 1 aromatic rings. The molecule has 2 heteroatoms. The highest BCUT2D eigenvalue weighted by Crippen LogP contribution is 2.35. The standard InChI is InChI=1S/C11H14FN/c1-7-5-8-6-9(12)3-4-10(8)11(7)13-2/h3-4,6-7,11,13H,5H2,1-2H3. The molecule has 0 heterocycles. The van der Waals surface area contributed by atoms with Crippen molar-refractivity contribution in [2.75, 3.05) is 7.05 Å². The second-order valence-electron chi connectivity index (χ2n) is 3.79. The lowest BCUT2D eigenvalue weighted by Crippen LogP contribution is -2.19. The van der Waals surface area contributed by atoms with Crippen LogP contribution in [0.2, 0.25) is 0 Å². The van der Waals surface area contributed by atoms with Gasteiger partial charge in [0.15, 0.2) is 0 Å². The van der Waals surface area contributed by atoms with E-state index < -0.39 is 0 Å². The summed E-state index contributed by atoms with van der Waals surface area (Å²) >= 11 is 0. The highest BCUT2D eigenvalue weighted by atomic mass is 19.1. The van der Waals surface area contributed by atoms with Crippen LogP contribution in [0.3, 0.4) is 0 Å². The van der Waals surface area contributed by atoms with Crippen molar-refractivity contribution in [1.29, 1.82) is 0 Å². The monoisotopic (exact) mass is 179 g/mol. The average Bonchev–Trinajstić information content (AvgIpc) is 2.39. The van der Waals surface area contributed by atoms with Gasteiger partial charge in [-0.2, -0.15) is 0 Å². The first-order valence-electron chi connectivity index (χ1n) is 4.68. The Morgan fingerprint density at radius 1 is 1.46 bits per heavy atom. The maximum atomic E-state index is 12.9. The lowest BCUT2D eigenvalue weighted by Gasteiger charge is -2.14. The Kier molecular flexibility index (Phi) is 2.08. The maximum Gasteiger partial charge on any atom is 0.123 e. The minimum absolute atomic E-state index is 0.122. The molecular weight excluding hydrogens is 165 g/mol. The van der Waals surface area contributed by atoms with Crippen LogP contribution in [0.25, 0.3) is 0 Å². The first-order chi connectivity index (χ1) is 6.22. The second-order valence-corrected chi connectivity index (χ2v) is 3.79. The van der Waals surface area contributed by atoms with E-state index in [-0.39, 0.29) is 5.82 Å². The van der Waals surface area contributed by atoms with E-state index in [9.17, 15) is 4.39 Å². The van der Waals surface area contributed by atoms with Gasteiger partial charge in [-0.3, -0.25) is 0 Å². The zero-order chi connectivity index (χ0) is 9.42. The minimum atomic E-state index is -0.122. The molecule has 13 heavy (non-hydrogen) atoms. The Morgan fingerprint density at radius 3 is 2.92 bits per heavy atom. The van der Waals surface area contributed by atoms with E-state index in [0.717, 1.165) is 12.0 Å². The highest BCUT2D eigenvalue weighted by Gasteiger charge is 2.27. The zero-order valence-electron chi connectivity index (χ0n) is 7.97. The molecule has 0 saturated heterocycles. The van der Waals surface area contributed by atoms with Gasteiger partial charge >= 0.3 is 0 Å². The summed E-state index contributed by atoms with van der Waals surface area (Å²) in [7, 11) is 1.96. The maximum absolute atomic E-state index is 12.9. The molecular formula is C11H14FN. The van der Waals surface area contributed by atoms with E-state index in [1.807, 2.05) is 13.1 Å². The molecule has 1 aromatic carbocycles. The number of benzene rings is 1. The molecule has 0 aromatic heterocycles. The molecule has 1 aliphatic carbocycles. The van der Waals surface area contributed by atoms with Crippen molar-refractivity contribution >= 4 is 0 Å². The predicted molar refractivity (Wildman–Crippen MR) is 51.1 cm³/mol. The van der Waals surface area contributed by atoms with Crippen molar-refractivity contribution < 1.29 is 4.39 Å². The normalized spacial score (nSPS) is 26.1. The Bertz CT molecular complexity index is 322. The van der Waals surface area contributed by atoms with E-state index >= 15 is 0 Å². The van der Waals surface area contributed by atoms with Gasteiger partial charge in [0.2, 0.25) is 0 Å². The number of fused-ring (bicyclic) bond motifs is 1. The van der Waals surface area contributed by atoms with Gasteiger partial charge in [-0.15, -0.1) is 0 Å². The zero-order valence-corrected chi connectivity index (χ0v) is 7.97. The molecule has 1 aliphatic rings. The third-order valence-electron chi connectivity index (χ3n) is 2.86. The SMILES string of the molecule is CNC1c2ccc(F)cc2CC1C. The van der Waals surface area contributed by atoms with Crippen LogP contribution in [-0.2, 0) is 6.42 Å². The summed E-state index contributed by atoms with van der Waals surface area (Å²) in [6, 6.07) is 5.50. The predicted octanol–water partition coefficient (Wildman–Crippen LogP) is 2.28. The van der Waals surface area contributed by atoms with E-state index in [4.69, 9.17) is 0 Å². The van der Waals surface area contributed by atoms with Gasteiger partial charge in [0.1, 0.15) is 5.82 Å². The van der Waals surface area contributed by atoms with E-state index in [0.29, 0.717) is 12.0 Å². The molecule has 70 valence electrons. The topological polar surface area (TPSA) is 12.0 Å². The molecule has 2 rings (SSSR count). The Hall–Kier alpha value is -0.890. The summed E-state index contributed by atoms with van der Waals surface area (Å²) in [5, 5.41) is 3.27. The molecule has 0 fully saturated rings. The molecule has 0 saturated carbocycles. The molecule has 1 nitrogen and oxygen atoms in total. The first kappa shape index (κ1) is 8.70. The molecule has 2 unspecified atom stereocenters. The number of hydrogen-bond donors (Lipinski definition) is 1. The van der Waals surface area contributed by atoms with E-state index in [1.54, 1.807) is 12.1 Å².